The van der Waals surface area contributed by atoms with Crippen molar-refractivity contribution in [2.45, 2.75) is 46.0 Å². The highest BCUT2D eigenvalue weighted by Crippen LogP contribution is 2.21. The number of nitrogens with one attached hydrogen (secondary N) is 2. The van der Waals surface area contributed by atoms with Crippen molar-refractivity contribution in [1.82, 2.24) is 5.43 Å². The van der Waals surface area contributed by atoms with Crippen LogP contribution in [-0.2, 0) is 21.4 Å². The lowest BCUT2D eigenvalue weighted by Gasteiger charge is -2.18. The normalized spacial score (nSPS) is 11.4. The maximum absolute atomic E-state index is 12.0. The molecule has 5 heteroatoms. The van der Waals surface area contributed by atoms with Crippen molar-refractivity contribution in [2.75, 3.05) is 5.32 Å². The fourth-order valence-corrected chi connectivity index (χ4v) is 2.58. The van der Waals surface area contributed by atoms with Crippen LogP contribution in [0.25, 0.3) is 0 Å². The molecule has 0 aliphatic rings. The Balaban J connectivity index is 1.85. The Kier molecular flexibility index (Phi) is 6.88. The maximum atomic E-state index is 12.0. The molecule has 27 heavy (non-hydrogen) atoms. The molecule has 5 nitrogen and oxygen atoms in total. The number of carbonyl (C=O) groups excluding carboxylic acids is 2. The highest BCUT2D eigenvalue weighted by molar-refractivity contribution is 6.04. The fraction of sp³-hybridized carbons (Fsp3) is 0.318. The Morgan fingerprint density at radius 2 is 1.67 bits per heavy atom. The predicted octanol–water partition coefficient (Wildman–Crippen LogP) is 4.03. The van der Waals surface area contributed by atoms with E-state index < -0.39 is 5.91 Å². The standard InChI is InChI=1S/C22H27N3O2/c1-5-17-8-6-7-9-19(17)24-20(26)14-21(27)25-23-15-16-10-12-18(13-11-16)22(2,3)4/h6-13,15H,5,14H2,1-4H3,(H,24,26)(H,25,27). The summed E-state index contributed by atoms with van der Waals surface area (Å²) in [5, 5.41) is 6.69. The van der Waals surface area contributed by atoms with E-state index >= 15 is 0 Å². The summed E-state index contributed by atoms with van der Waals surface area (Å²) in [5.41, 5.74) is 6.36. The molecule has 0 aliphatic carbocycles. The van der Waals surface area contributed by atoms with E-state index in [4.69, 9.17) is 0 Å². The lowest BCUT2D eigenvalue weighted by atomic mass is 9.87. The molecule has 2 rings (SSSR count). The van der Waals surface area contributed by atoms with Gasteiger partial charge in [-0.15, -0.1) is 0 Å². The van der Waals surface area contributed by atoms with Gasteiger partial charge in [0.25, 0.3) is 0 Å². The Bertz CT molecular complexity index is 818. The number of carbonyl (C=O) groups is 2. The highest BCUT2D eigenvalue weighted by Gasteiger charge is 2.13. The smallest absolute Gasteiger partial charge is 0.249 e. The van der Waals surface area contributed by atoms with Crippen LogP contribution in [0.2, 0.25) is 0 Å². The quantitative estimate of drug-likeness (QED) is 0.461. The summed E-state index contributed by atoms with van der Waals surface area (Å²) in [4.78, 5) is 23.9. The zero-order valence-electron chi connectivity index (χ0n) is 16.4. The number of rotatable bonds is 6. The first-order chi connectivity index (χ1) is 12.8. The van der Waals surface area contributed by atoms with E-state index in [1.54, 1.807) is 6.21 Å². The van der Waals surface area contributed by atoms with E-state index in [0.29, 0.717) is 0 Å². The average Bonchev–Trinajstić information content (AvgIpc) is 2.61. The third-order valence-corrected chi connectivity index (χ3v) is 4.17. The van der Waals surface area contributed by atoms with Gasteiger partial charge >= 0.3 is 0 Å². The van der Waals surface area contributed by atoms with E-state index in [1.165, 1.54) is 5.56 Å². The molecule has 0 spiro atoms. The first-order valence-electron chi connectivity index (χ1n) is 9.10. The topological polar surface area (TPSA) is 70.6 Å². The van der Waals surface area contributed by atoms with Gasteiger partial charge in [0.15, 0.2) is 0 Å². The highest BCUT2D eigenvalue weighted by atomic mass is 16.2. The van der Waals surface area contributed by atoms with Gasteiger partial charge in [-0.2, -0.15) is 5.10 Å². The van der Waals surface area contributed by atoms with Crippen molar-refractivity contribution >= 4 is 23.7 Å². The number of hydrogen-bond donors (Lipinski definition) is 2. The SMILES string of the molecule is CCc1ccccc1NC(=O)CC(=O)NN=Cc1ccc(C(C)(C)C)cc1. The number of hydrazone groups is 1. The van der Waals surface area contributed by atoms with Crippen molar-refractivity contribution < 1.29 is 9.59 Å². The van der Waals surface area contributed by atoms with E-state index in [9.17, 15) is 9.59 Å². The Morgan fingerprint density at radius 3 is 2.30 bits per heavy atom. The molecule has 0 fully saturated rings. The Morgan fingerprint density at radius 1 is 1.00 bits per heavy atom. The van der Waals surface area contributed by atoms with Crippen molar-refractivity contribution in [3.63, 3.8) is 0 Å². The zero-order valence-corrected chi connectivity index (χ0v) is 16.4. The number of hydrogen-bond acceptors (Lipinski definition) is 3. The molecular weight excluding hydrogens is 338 g/mol. The number of anilines is 1. The Hall–Kier alpha value is -2.95. The number of benzene rings is 2. The summed E-state index contributed by atoms with van der Waals surface area (Å²) in [6.07, 6.45) is 2.09. The summed E-state index contributed by atoms with van der Waals surface area (Å²) >= 11 is 0. The first kappa shape index (κ1) is 20.4. The zero-order chi connectivity index (χ0) is 19.9. The maximum Gasteiger partial charge on any atom is 0.249 e. The van der Waals surface area contributed by atoms with Crippen molar-refractivity contribution in [1.29, 1.82) is 0 Å². The van der Waals surface area contributed by atoms with Crippen molar-refractivity contribution in [3.05, 3.63) is 65.2 Å². The molecule has 2 amide bonds. The van der Waals surface area contributed by atoms with Gasteiger partial charge in [-0.1, -0.05) is 70.2 Å². The van der Waals surface area contributed by atoms with Gasteiger partial charge in [-0.05, 0) is 34.6 Å². The van der Waals surface area contributed by atoms with Crippen LogP contribution < -0.4 is 10.7 Å². The fourth-order valence-electron chi connectivity index (χ4n) is 2.58. The van der Waals surface area contributed by atoms with E-state index in [-0.39, 0.29) is 17.7 Å². The number of amides is 2. The molecule has 0 aromatic heterocycles. The summed E-state index contributed by atoms with van der Waals surface area (Å²) < 4.78 is 0. The van der Waals surface area contributed by atoms with Gasteiger partial charge in [-0.3, -0.25) is 9.59 Å². The van der Waals surface area contributed by atoms with Crippen LogP contribution in [-0.4, -0.2) is 18.0 Å². The molecule has 0 heterocycles. The molecule has 0 saturated carbocycles. The van der Waals surface area contributed by atoms with E-state index in [0.717, 1.165) is 23.2 Å². The lowest BCUT2D eigenvalue weighted by molar-refractivity contribution is -0.126. The summed E-state index contributed by atoms with van der Waals surface area (Å²) in [7, 11) is 0. The first-order valence-corrected chi connectivity index (χ1v) is 9.10. The van der Waals surface area contributed by atoms with Gasteiger partial charge in [-0.25, -0.2) is 5.43 Å². The van der Waals surface area contributed by atoms with Crippen molar-refractivity contribution in [3.8, 4) is 0 Å². The molecule has 142 valence electrons. The lowest BCUT2D eigenvalue weighted by Crippen LogP contribution is -2.25. The molecule has 0 atom stereocenters. The van der Waals surface area contributed by atoms with Crippen LogP contribution in [0.3, 0.4) is 0 Å². The molecule has 0 aliphatic heterocycles. The number of aryl methyl sites for hydroxylation is 1. The summed E-state index contributed by atoms with van der Waals surface area (Å²) in [6, 6.07) is 15.5. The van der Waals surface area contributed by atoms with Gasteiger partial charge in [0.2, 0.25) is 11.8 Å². The molecule has 2 N–H and O–H groups in total. The molecule has 0 saturated heterocycles. The largest absolute Gasteiger partial charge is 0.325 e. The third-order valence-electron chi connectivity index (χ3n) is 4.17. The molecular formula is C22H27N3O2. The van der Waals surface area contributed by atoms with Crippen LogP contribution in [0, 0.1) is 0 Å². The summed E-state index contributed by atoms with van der Waals surface area (Å²) in [6.45, 7) is 8.47. The van der Waals surface area contributed by atoms with Gasteiger partial charge in [0, 0.05) is 5.69 Å². The monoisotopic (exact) mass is 365 g/mol. The molecule has 2 aromatic carbocycles. The third kappa shape index (κ3) is 6.37. The number of para-hydroxylation sites is 1. The molecule has 0 unspecified atom stereocenters. The second kappa shape index (κ2) is 9.12. The van der Waals surface area contributed by atoms with Crippen LogP contribution >= 0.6 is 0 Å². The predicted molar refractivity (Wildman–Crippen MR) is 110 cm³/mol. The second-order valence-electron chi connectivity index (χ2n) is 7.40. The van der Waals surface area contributed by atoms with Crippen LogP contribution in [0.1, 0.15) is 50.8 Å². The van der Waals surface area contributed by atoms with E-state index in [2.05, 4.69) is 36.6 Å². The molecule has 0 radical (unpaired) electrons. The minimum absolute atomic E-state index is 0.0909. The minimum atomic E-state index is -0.455. The van der Waals surface area contributed by atoms with Gasteiger partial charge < -0.3 is 5.32 Å². The van der Waals surface area contributed by atoms with Gasteiger partial charge in [0.1, 0.15) is 6.42 Å². The van der Waals surface area contributed by atoms with Gasteiger partial charge in [0.05, 0.1) is 6.21 Å². The van der Waals surface area contributed by atoms with Crippen LogP contribution in [0.15, 0.2) is 53.6 Å². The van der Waals surface area contributed by atoms with E-state index in [1.807, 2.05) is 55.5 Å². The second-order valence-corrected chi connectivity index (χ2v) is 7.40. The Labute approximate surface area is 160 Å². The van der Waals surface area contributed by atoms with Crippen molar-refractivity contribution in [2.24, 2.45) is 5.10 Å². The van der Waals surface area contributed by atoms with Crippen LogP contribution in [0.5, 0.6) is 0 Å². The van der Waals surface area contributed by atoms with Crippen LogP contribution in [0.4, 0.5) is 5.69 Å². The summed E-state index contributed by atoms with van der Waals surface area (Å²) in [5.74, 6) is -0.817. The minimum Gasteiger partial charge on any atom is -0.325 e. The molecule has 0 bridgehead atoms. The average molecular weight is 365 g/mol. The number of nitrogens with zero attached hydrogens (tertiary/aromatic N) is 1. The molecule has 2 aromatic rings.